The molecule has 4 rings (SSSR count). The molecule has 33 heavy (non-hydrogen) atoms. The van der Waals surface area contributed by atoms with E-state index in [-0.39, 0.29) is 11.9 Å². The maximum atomic E-state index is 13.7. The van der Waals surface area contributed by atoms with Crippen molar-refractivity contribution in [2.24, 2.45) is 0 Å². The van der Waals surface area contributed by atoms with Gasteiger partial charge in [0.1, 0.15) is 11.5 Å². The summed E-state index contributed by atoms with van der Waals surface area (Å²) in [4.78, 5) is 18.0. The lowest BCUT2D eigenvalue weighted by Gasteiger charge is -2.39. The third-order valence-corrected chi connectivity index (χ3v) is 6.53. The Hall–Kier alpha value is -3.02. The van der Waals surface area contributed by atoms with Gasteiger partial charge in [0, 0.05) is 48.0 Å². The molecule has 1 aliphatic rings. The van der Waals surface area contributed by atoms with Gasteiger partial charge in [-0.15, -0.1) is 0 Å². The fourth-order valence-corrected chi connectivity index (χ4v) is 4.53. The van der Waals surface area contributed by atoms with E-state index in [9.17, 15) is 4.79 Å². The number of ether oxygens (including phenoxy) is 2. The molecule has 1 heterocycles. The summed E-state index contributed by atoms with van der Waals surface area (Å²) in [6, 6.07) is 23.1. The number of amides is 1. The number of halogens is 1. The van der Waals surface area contributed by atoms with Crippen LogP contribution in [0.3, 0.4) is 0 Å². The lowest BCUT2D eigenvalue weighted by atomic mass is 10.00. The lowest BCUT2D eigenvalue weighted by Crippen LogP contribution is -2.47. The highest BCUT2D eigenvalue weighted by atomic mass is 35.5. The molecule has 6 heteroatoms. The van der Waals surface area contributed by atoms with E-state index in [1.54, 1.807) is 14.2 Å². The zero-order valence-electron chi connectivity index (χ0n) is 19.0. The van der Waals surface area contributed by atoms with Gasteiger partial charge in [-0.25, -0.2) is 0 Å². The Kier molecular flexibility index (Phi) is 7.53. The monoisotopic (exact) mass is 464 g/mol. The molecule has 3 aromatic rings. The Morgan fingerprint density at radius 1 is 0.939 bits per heavy atom. The van der Waals surface area contributed by atoms with Crippen LogP contribution in [0.1, 0.15) is 28.8 Å². The average molecular weight is 465 g/mol. The molecule has 1 amide bonds. The van der Waals surface area contributed by atoms with Crippen molar-refractivity contribution in [1.82, 2.24) is 4.90 Å². The predicted molar refractivity (Wildman–Crippen MR) is 133 cm³/mol. The van der Waals surface area contributed by atoms with E-state index >= 15 is 0 Å². The van der Waals surface area contributed by atoms with Gasteiger partial charge in [-0.05, 0) is 60.9 Å². The summed E-state index contributed by atoms with van der Waals surface area (Å²) in [5.74, 6) is 1.44. The molecule has 0 unspecified atom stereocenters. The minimum absolute atomic E-state index is 0.0181. The quantitative estimate of drug-likeness (QED) is 0.452. The molecular formula is C27H29ClN2O3. The fraction of sp³-hybridized carbons (Fsp3) is 0.296. The highest BCUT2D eigenvalue weighted by Gasteiger charge is 2.30. The van der Waals surface area contributed by atoms with Crippen LogP contribution in [-0.2, 0) is 6.54 Å². The molecule has 1 fully saturated rings. The number of hydrogen-bond donors (Lipinski definition) is 0. The van der Waals surface area contributed by atoms with E-state index in [1.165, 1.54) is 0 Å². The standard InChI is InChI=1S/C27H29ClN2O3/c1-32-24-12-10-20(11-13-24)27(31)30(23-7-5-8-25(18-23)33-2)22-14-16-29(17-15-22)19-21-6-3-4-9-26(21)28/h3-13,18,22H,14-17,19H2,1-2H3. The number of rotatable bonds is 7. The van der Waals surface area contributed by atoms with Crippen molar-refractivity contribution in [3.05, 3.63) is 88.9 Å². The first kappa shape index (κ1) is 23.1. The number of piperidine rings is 1. The molecule has 0 aliphatic carbocycles. The van der Waals surface area contributed by atoms with Gasteiger partial charge < -0.3 is 14.4 Å². The van der Waals surface area contributed by atoms with Gasteiger partial charge in [-0.2, -0.15) is 0 Å². The first-order chi connectivity index (χ1) is 16.1. The van der Waals surface area contributed by atoms with Crippen LogP contribution in [0, 0.1) is 0 Å². The smallest absolute Gasteiger partial charge is 0.258 e. The number of carbonyl (C=O) groups is 1. The third kappa shape index (κ3) is 5.49. The van der Waals surface area contributed by atoms with Crippen LogP contribution in [0.2, 0.25) is 5.02 Å². The SMILES string of the molecule is COc1ccc(C(=O)N(c2cccc(OC)c2)C2CCN(Cc3ccccc3Cl)CC2)cc1. The average Bonchev–Trinajstić information content (AvgIpc) is 2.86. The van der Waals surface area contributed by atoms with Crippen LogP contribution < -0.4 is 14.4 Å². The van der Waals surface area contributed by atoms with Crippen LogP contribution in [-0.4, -0.2) is 44.2 Å². The van der Waals surface area contributed by atoms with Crippen molar-refractivity contribution in [2.75, 3.05) is 32.2 Å². The van der Waals surface area contributed by atoms with E-state index < -0.39 is 0 Å². The number of nitrogens with zero attached hydrogens (tertiary/aromatic N) is 2. The van der Waals surface area contributed by atoms with Crippen LogP contribution in [0.4, 0.5) is 5.69 Å². The van der Waals surface area contributed by atoms with Crippen LogP contribution >= 0.6 is 11.6 Å². The van der Waals surface area contributed by atoms with Gasteiger partial charge in [0.25, 0.3) is 5.91 Å². The van der Waals surface area contributed by atoms with Gasteiger partial charge in [-0.1, -0.05) is 35.9 Å². The van der Waals surface area contributed by atoms with Crippen LogP contribution in [0.25, 0.3) is 0 Å². The van der Waals surface area contributed by atoms with Crippen molar-refractivity contribution in [2.45, 2.75) is 25.4 Å². The first-order valence-corrected chi connectivity index (χ1v) is 11.5. The number of hydrogen-bond acceptors (Lipinski definition) is 4. The molecule has 172 valence electrons. The fourth-order valence-electron chi connectivity index (χ4n) is 4.33. The van der Waals surface area contributed by atoms with Crippen molar-refractivity contribution in [1.29, 1.82) is 0 Å². The van der Waals surface area contributed by atoms with Gasteiger partial charge in [0.2, 0.25) is 0 Å². The van der Waals surface area contributed by atoms with Crippen LogP contribution in [0.5, 0.6) is 11.5 Å². The minimum atomic E-state index is -0.0181. The highest BCUT2D eigenvalue weighted by Crippen LogP contribution is 2.30. The first-order valence-electron chi connectivity index (χ1n) is 11.2. The third-order valence-electron chi connectivity index (χ3n) is 6.16. The second-order valence-corrected chi connectivity index (χ2v) is 8.61. The Labute approximate surface area is 200 Å². The number of carbonyl (C=O) groups excluding carboxylic acids is 1. The highest BCUT2D eigenvalue weighted by molar-refractivity contribution is 6.31. The molecule has 0 atom stereocenters. The molecule has 0 bridgehead atoms. The van der Waals surface area contributed by atoms with E-state index in [0.29, 0.717) is 5.56 Å². The summed E-state index contributed by atoms with van der Waals surface area (Å²) in [6.45, 7) is 2.61. The van der Waals surface area contributed by atoms with Crippen molar-refractivity contribution >= 4 is 23.2 Å². The van der Waals surface area contributed by atoms with Crippen LogP contribution in [0.15, 0.2) is 72.8 Å². The molecule has 0 aromatic heterocycles. The van der Waals surface area contributed by atoms with E-state index in [0.717, 1.165) is 60.2 Å². The Morgan fingerprint density at radius 3 is 2.30 bits per heavy atom. The summed E-state index contributed by atoms with van der Waals surface area (Å²) in [6.07, 6.45) is 1.76. The molecule has 5 nitrogen and oxygen atoms in total. The molecule has 0 saturated carbocycles. The summed E-state index contributed by atoms with van der Waals surface area (Å²) in [5.41, 5.74) is 2.62. The van der Waals surface area contributed by atoms with Crippen molar-refractivity contribution in [3.8, 4) is 11.5 Å². The summed E-state index contributed by atoms with van der Waals surface area (Å²) in [7, 11) is 3.26. The van der Waals surface area contributed by atoms with Gasteiger partial charge >= 0.3 is 0 Å². The summed E-state index contributed by atoms with van der Waals surface area (Å²) < 4.78 is 10.7. The number of anilines is 1. The number of methoxy groups -OCH3 is 2. The largest absolute Gasteiger partial charge is 0.497 e. The summed E-state index contributed by atoms with van der Waals surface area (Å²) >= 11 is 6.36. The predicted octanol–water partition coefficient (Wildman–Crippen LogP) is 5.67. The topological polar surface area (TPSA) is 42.0 Å². The minimum Gasteiger partial charge on any atom is -0.497 e. The van der Waals surface area contributed by atoms with E-state index in [2.05, 4.69) is 11.0 Å². The van der Waals surface area contributed by atoms with Gasteiger partial charge in [-0.3, -0.25) is 9.69 Å². The molecular weight excluding hydrogens is 436 g/mol. The molecule has 1 saturated heterocycles. The van der Waals surface area contributed by atoms with Gasteiger partial charge in [0.15, 0.2) is 0 Å². The maximum absolute atomic E-state index is 13.7. The second kappa shape index (κ2) is 10.7. The number of benzene rings is 3. The normalized spacial score (nSPS) is 14.6. The number of likely N-dealkylation sites (tertiary alicyclic amines) is 1. The Balaban J connectivity index is 1.54. The van der Waals surface area contributed by atoms with E-state index in [4.69, 9.17) is 21.1 Å². The molecule has 0 spiro atoms. The van der Waals surface area contributed by atoms with Crippen molar-refractivity contribution < 1.29 is 14.3 Å². The lowest BCUT2D eigenvalue weighted by molar-refractivity contribution is 0.0958. The Bertz CT molecular complexity index is 1080. The zero-order chi connectivity index (χ0) is 23.2. The Morgan fingerprint density at radius 2 is 1.64 bits per heavy atom. The summed E-state index contributed by atoms with van der Waals surface area (Å²) in [5, 5.41) is 0.798. The van der Waals surface area contributed by atoms with E-state index in [1.807, 2.05) is 71.6 Å². The molecule has 0 N–H and O–H groups in total. The molecule has 1 aliphatic heterocycles. The maximum Gasteiger partial charge on any atom is 0.258 e. The zero-order valence-corrected chi connectivity index (χ0v) is 19.8. The van der Waals surface area contributed by atoms with Gasteiger partial charge in [0.05, 0.1) is 14.2 Å². The van der Waals surface area contributed by atoms with Crippen molar-refractivity contribution in [3.63, 3.8) is 0 Å². The molecule has 0 radical (unpaired) electrons. The second-order valence-electron chi connectivity index (χ2n) is 8.20. The molecule has 3 aromatic carbocycles.